The molecule has 0 aliphatic heterocycles. The predicted molar refractivity (Wildman–Crippen MR) is 172 cm³/mol. The average molecular weight is 590 g/mol. The Balaban J connectivity index is 1.76. The van der Waals surface area contributed by atoms with Crippen molar-refractivity contribution in [1.82, 2.24) is 9.55 Å². The fourth-order valence-electron chi connectivity index (χ4n) is 4.76. The van der Waals surface area contributed by atoms with Gasteiger partial charge in [0.1, 0.15) is 5.75 Å². The monoisotopic (exact) mass is 589 g/mol. The molecule has 222 valence electrons. The second-order valence-electron chi connectivity index (χ2n) is 9.78. The summed E-state index contributed by atoms with van der Waals surface area (Å²) in [6, 6.07) is 26.0. The molecule has 0 bridgehead atoms. The van der Waals surface area contributed by atoms with Gasteiger partial charge in [-0.3, -0.25) is 14.2 Å². The molecule has 10 heteroatoms. The number of nitrogens with one attached hydrogen (secondary N) is 2. The molecular weight excluding hydrogens is 558 g/mol. The maximum atomic E-state index is 14.3. The van der Waals surface area contributed by atoms with E-state index in [2.05, 4.69) is 10.6 Å². The fourth-order valence-corrected chi connectivity index (χ4v) is 4.76. The SMILES string of the molecule is CCNc1ccc(N=C(C(=O)Nc2cc(C(=O)OC)ccc2OC)c2nc3ccccc3c(=O)n2-c2ccccc2)c(C)c1. The summed E-state index contributed by atoms with van der Waals surface area (Å²) in [7, 11) is 2.72. The minimum absolute atomic E-state index is 0.0376. The van der Waals surface area contributed by atoms with Gasteiger partial charge in [-0.05, 0) is 80.1 Å². The second-order valence-corrected chi connectivity index (χ2v) is 9.78. The number of ether oxygens (including phenoxy) is 2. The van der Waals surface area contributed by atoms with E-state index in [1.54, 1.807) is 60.7 Å². The van der Waals surface area contributed by atoms with E-state index in [9.17, 15) is 14.4 Å². The summed E-state index contributed by atoms with van der Waals surface area (Å²) in [5.74, 6) is -0.908. The number of amides is 1. The van der Waals surface area contributed by atoms with E-state index in [1.165, 1.54) is 30.9 Å². The van der Waals surface area contributed by atoms with Gasteiger partial charge in [-0.25, -0.2) is 14.8 Å². The maximum Gasteiger partial charge on any atom is 0.337 e. The van der Waals surface area contributed by atoms with Gasteiger partial charge in [-0.2, -0.15) is 0 Å². The lowest BCUT2D eigenvalue weighted by atomic mass is 10.1. The van der Waals surface area contributed by atoms with E-state index in [4.69, 9.17) is 19.5 Å². The highest BCUT2D eigenvalue weighted by molar-refractivity contribution is 6.48. The number of methoxy groups -OCH3 is 2. The molecule has 5 aromatic rings. The molecule has 1 heterocycles. The van der Waals surface area contributed by atoms with Crippen molar-refractivity contribution in [1.29, 1.82) is 0 Å². The summed E-state index contributed by atoms with van der Waals surface area (Å²) in [6.45, 7) is 4.63. The van der Waals surface area contributed by atoms with Crippen LogP contribution in [-0.2, 0) is 9.53 Å². The molecule has 10 nitrogen and oxygen atoms in total. The van der Waals surface area contributed by atoms with Crippen LogP contribution < -0.4 is 20.9 Å². The lowest BCUT2D eigenvalue weighted by Crippen LogP contribution is -2.33. The molecule has 0 fully saturated rings. The molecular formula is C34H31N5O5. The topological polar surface area (TPSA) is 124 Å². The molecule has 0 aliphatic carbocycles. The van der Waals surface area contributed by atoms with Gasteiger partial charge in [0, 0.05) is 12.2 Å². The molecule has 0 saturated heterocycles. The van der Waals surface area contributed by atoms with E-state index < -0.39 is 11.9 Å². The number of carbonyl (C=O) groups is 2. The number of fused-ring (bicyclic) bond motifs is 1. The quantitative estimate of drug-likeness (QED) is 0.167. The largest absolute Gasteiger partial charge is 0.495 e. The van der Waals surface area contributed by atoms with Crippen molar-refractivity contribution in [3.8, 4) is 11.4 Å². The summed E-state index contributed by atoms with van der Waals surface area (Å²) in [6.07, 6.45) is 0. The van der Waals surface area contributed by atoms with Gasteiger partial charge in [0.15, 0.2) is 11.5 Å². The maximum absolute atomic E-state index is 14.3. The Labute approximate surface area is 254 Å². The first-order valence-corrected chi connectivity index (χ1v) is 13.9. The molecule has 0 unspecified atom stereocenters. The molecule has 4 aromatic carbocycles. The fraction of sp³-hybridized carbons (Fsp3) is 0.147. The van der Waals surface area contributed by atoms with Gasteiger partial charge in [0.2, 0.25) is 0 Å². The van der Waals surface area contributed by atoms with Crippen LogP contribution in [0.3, 0.4) is 0 Å². The van der Waals surface area contributed by atoms with Crippen LogP contribution in [-0.4, -0.2) is 47.9 Å². The number of benzene rings is 4. The lowest BCUT2D eigenvalue weighted by molar-refractivity contribution is -0.110. The van der Waals surface area contributed by atoms with Crippen molar-refractivity contribution in [2.24, 2.45) is 4.99 Å². The summed E-state index contributed by atoms with van der Waals surface area (Å²) in [4.78, 5) is 50.1. The van der Waals surface area contributed by atoms with E-state index in [1.807, 2.05) is 32.0 Å². The van der Waals surface area contributed by atoms with E-state index >= 15 is 0 Å². The molecule has 1 aromatic heterocycles. The Morgan fingerprint density at radius 2 is 1.68 bits per heavy atom. The number of para-hydroxylation sites is 2. The Bertz CT molecular complexity index is 1950. The number of aryl methyl sites for hydroxylation is 1. The van der Waals surface area contributed by atoms with Crippen molar-refractivity contribution in [2.45, 2.75) is 13.8 Å². The number of rotatable bonds is 9. The molecule has 44 heavy (non-hydrogen) atoms. The van der Waals surface area contributed by atoms with Gasteiger partial charge in [-0.15, -0.1) is 0 Å². The normalized spacial score (nSPS) is 11.2. The highest BCUT2D eigenvalue weighted by Crippen LogP contribution is 2.28. The van der Waals surface area contributed by atoms with E-state index in [0.717, 1.165) is 17.8 Å². The highest BCUT2D eigenvalue weighted by atomic mass is 16.5. The van der Waals surface area contributed by atoms with Crippen LogP contribution in [0.2, 0.25) is 0 Å². The summed E-state index contributed by atoms with van der Waals surface area (Å²) in [5.41, 5.74) is 3.07. The number of esters is 1. The number of hydrogen-bond donors (Lipinski definition) is 2. The third-order valence-corrected chi connectivity index (χ3v) is 6.90. The molecule has 0 atom stereocenters. The van der Waals surface area contributed by atoms with Gasteiger partial charge in [-0.1, -0.05) is 30.3 Å². The van der Waals surface area contributed by atoms with Gasteiger partial charge < -0.3 is 20.1 Å². The Kier molecular flexibility index (Phi) is 8.80. The number of carbonyl (C=O) groups excluding carboxylic acids is 2. The third-order valence-electron chi connectivity index (χ3n) is 6.90. The number of nitrogens with zero attached hydrogens (tertiary/aromatic N) is 3. The van der Waals surface area contributed by atoms with Gasteiger partial charge in [0.25, 0.3) is 11.5 Å². The first kappa shape index (κ1) is 29.7. The Hall–Kier alpha value is -5.77. The first-order chi connectivity index (χ1) is 21.3. The van der Waals surface area contributed by atoms with Crippen LogP contribution in [0.1, 0.15) is 28.7 Å². The standard InChI is InChI=1S/C34H31N5O5/c1-5-35-23-16-17-26(21(2)19-23)36-30(32(40)38-28-20-22(34(42)44-4)15-18-29(28)43-3)31-37-27-14-10-9-13-25(27)33(41)39(31)24-11-7-6-8-12-24/h6-20,35H,5H2,1-4H3,(H,38,40). The van der Waals surface area contributed by atoms with Crippen molar-refractivity contribution < 1.29 is 19.1 Å². The smallest absolute Gasteiger partial charge is 0.337 e. The predicted octanol–water partition coefficient (Wildman–Crippen LogP) is 5.68. The van der Waals surface area contributed by atoms with Crippen LogP contribution in [0.5, 0.6) is 5.75 Å². The molecule has 0 spiro atoms. The highest BCUT2D eigenvalue weighted by Gasteiger charge is 2.25. The molecule has 0 saturated carbocycles. The van der Waals surface area contributed by atoms with E-state index in [-0.39, 0.29) is 28.3 Å². The van der Waals surface area contributed by atoms with Gasteiger partial charge >= 0.3 is 5.97 Å². The zero-order chi connectivity index (χ0) is 31.2. The molecule has 5 rings (SSSR count). The summed E-state index contributed by atoms with van der Waals surface area (Å²) < 4.78 is 11.7. The molecule has 2 N–H and O–H groups in total. The Morgan fingerprint density at radius 1 is 0.932 bits per heavy atom. The lowest BCUT2D eigenvalue weighted by Gasteiger charge is -2.17. The van der Waals surface area contributed by atoms with Crippen molar-refractivity contribution in [2.75, 3.05) is 31.4 Å². The number of anilines is 2. The minimum atomic E-state index is -0.674. The van der Waals surface area contributed by atoms with Crippen LogP contribution in [0, 0.1) is 6.92 Å². The van der Waals surface area contributed by atoms with Gasteiger partial charge in [0.05, 0.1) is 47.7 Å². The summed E-state index contributed by atoms with van der Waals surface area (Å²) in [5, 5.41) is 6.48. The zero-order valence-electron chi connectivity index (χ0n) is 24.8. The zero-order valence-corrected chi connectivity index (χ0v) is 24.8. The van der Waals surface area contributed by atoms with Crippen molar-refractivity contribution >= 4 is 45.6 Å². The number of hydrogen-bond acceptors (Lipinski definition) is 8. The Morgan fingerprint density at radius 3 is 2.39 bits per heavy atom. The van der Waals surface area contributed by atoms with E-state index in [0.29, 0.717) is 28.0 Å². The minimum Gasteiger partial charge on any atom is -0.495 e. The number of aromatic nitrogens is 2. The number of aliphatic imine (C=N–C) groups is 1. The van der Waals surface area contributed by atoms with Crippen molar-refractivity contribution in [3.63, 3.8) is 0 Å². The molecule has 0 aliphatic rings. The third kappa shape index (κ3) is 6.05. The van der Waals surface area contributed by atoms with Crippen LogP contribution in [0.25, 0.3) is 16.6 Å². The molecule has 0 radical (unpaired) electrons. The summed E-state index contributed by atoms with van der Waals surface area (Å²) >= 11 is 0. The van der Waals surface area contributed by atoms with Crippen LogP contribution >= 0.6 is 0 Å². The molecule has 1 amide bonds. The van der Waals surface area contributed by atoms with Crippen LogP contribution in [0.4, 0.5) is 17.1 Å². The second kappa shape index (κ2) is 13.0. The van der Waals surface area contributed by atoms with Crippen molar-refractivity contribution in [3.05, 3.63) is 118 Å². The van der Waals surface area contributed by atoms with Crippen LogP contribution in [0.15, 0.2) is 101 Å². The average Bonchev–Trinajstić information content (AvgIpc) is 3.04. The first-order valence-electron chi connectivity index (χ1n) is 13.9.